The van der Waals surface area contributed by atoms with Gasteiger partial charge in [0.2, 0.25) is 5.91 Å². The molecule has 0 bridgehead atoms. The Kier molecular flexibility index (Phi) is 6.23. The first kappa shape index (κ1) is 21.3. The van der Waals surface area contributed by atoms with Gasteiger partial charge >= 0.3 is 0 Å². The summed E-state index contributed by atoms with van der Waals surface area (Å²) in [7, 11) is 0. The predicted octanol–water partition coefficient (Wildman–Crippen LogP) is 5.89. The third-order valence-corrected chi connectivity index (χ3v) is 6.66. The smallest absolute Gasteiger partial charge is 0.254 e. The molecule has 0 radical (unpaired) electrons. The van der Waals surface area contributed by atoms with E-state index in [1.807, 2.05) is 64.9 Å². The molecule has 1 aromatic heterocycles. The highest BCUT2D eigenvalue weighted by Gasteiger charge is 2.44. The molecule has 31 heavy (non-hydrogen) atoms. The van der Waals surface area contributed by atoms with Gasteiger partial charge < -0.3 is 10.2 Å². The van der Waals surface area contributed by atoms with Crippen LogP contribution >= 0.6 is 11.3 Å². The molecule has 0 saturated heterocycles. The Morgan fingerprint density at radius 3 is 2.61 bits per heavy atom. The fourth-order valence-electron chi connectivity index (χ4n) is 4.33. The first-order valence-electron chi connectivity index (χ1n) is 10.8. The molecule has 0 aliphatic carbocycles. The molecule has 1 N–H and O–H groups in total. The normalized spacial score (nSPS) is 18.2. The number of fused-ring (bicyclic) bond motifs is 1. The van der Waals surface area contributed by atoms with E-state index in [1.165, 1.54) is 5.56 Å². The Hall–Kier alpha value is -2.92. The highest BCUT2D eigenvalue weighted by Crippen LogP contribution is 2.45. The number of hydrogen-bond donors (Lipinski definition) is 1. The van der Waals surface area contributed by atoms with Crippen molar-refractivity contribution in [1.82, 2.24) is 4.90 Å². The number of aryl methyl sites for hydroxylation is 1. The molecule has 0 saturated carbocycles. The highest BCUT2D eigenvalue weighted by atomic mass is 32.1. The third-order valence-electron chi connectivity index (χ3n) is 5.72. The number of carbonyl (C=O) groups is 2. The molecule has 0 fully saturated rings. The third kappa shape index (κ3) is 4.28. The summed E-state index contributed by atoms with van der Waals surface area (Å²) < 4.78 is 0. The van der Waals surface area contributed by atoms with Gasteiger partial charge in [0.1, 0.15) is 0 Å². The summed E-state index contributed by atoms with van der Waals surface area (Å²) >= 11 is 1.60. The van der Waals surface area contributed by atoms with Crippen LogP contribution in [0.3, 0.4) is 0 Å². The number of rotatable bonds is 6. The molecule has 1 aliphatic rings. The van der Waals surface area contributed by atoms with Crippen molar-refractivity contribution in [3.05, 3.63) is 87.6 Å². The van der Waals surface area contributed by atoms with Gasteiger partial charge in [-0.25, -0.2) is 0 Å². The number of anilines is 1. The van der Waals surface area contributed by atoms with E-state index in [2.05, 4.69) is 32.2 Å². The number of nitrogens with zero attached hydrogens (tertiary/aromatic N) is 1. The van der Waals surface area contributed by atoms with E-state index in [0.29, 0.717) is 18.0 Å². The highest BCUT2D eigenvalue weighted by molar-refractivity contribution is 7.10. The zero-order valence-corrected chi connectivity index (χ0v) is 19.0. The Morgan fingerprint density at radius 2 is 1.90 bits per heavy atom. The second kappa shape index (κ2) is 9.06. The van der Waals surface area contributed by atoms with Crippen LogP contribution in [-0.2, 0) is 11.2 Å². The molecule has 2 atom stereocenters. The molecule has 2 aromatic carbocycles. The van der Waals surface area contributed by atoms with Gasteiger partial charge in [0.15, 0.2) is 0 Å². The van der Waals surface area contributed by atoms with Gasteiger partial charge in [0.05, 0.1) is 12.0 Å². The van der Waals surface area contributed by atoms with E-state index in [0.717, 1.165) is 22.5 Å². The van der Waals surface area contributed by atoms with Crippen LogP contribution in [0.2, 0.25) is 0 Å². The van der Waals surface area contributed by atoms with Crippen LogP contribution in [0.25, 0.3) is 0 Å². The van der Waals surface area contributed by atoms with Gasteiger partial charge in [-0.2, -0.15) is 0 Å². The Labute approximate surface area is 187 Å². The van der Waals surface area contributed by atoms with Crippen LogP contribution in [0.4, 0.5) is 5.69 Å². The van der Waals surface area contributed by atoms with Gasteiger partial charge in [0.25, 0.3) is 5.91 Å². The van der Waals surface area contributed by atoms with Crippen LogP contribution in [0.15, 0.2) is 66.0 Å². The van der Waals surface area contributed by atoms with Crippen LogP contribution in [0.5, 0.6) is 0 Å². The monoisotopic (exact) mass is 432 g/mol. The van der Waals surface area contributed by atoms with Crippen LogP contribution in [0, 0.1) is 5.92 Å². The Balaban J connectivity index is 1.80. The minimum absolute atomic E-state index is 0.000250. The lowest BCUT2D eigenvalue weighted by molar-refractivity contribution is -0.119. The lowest BCUT2D eigenvalue weighted by Crippen LogP contribution is -2.47. The molecule has 1 aliphatic heterocycles. The van der Waals surface area contributed by atoms with Gasteiger partial charge in [0, 0.05) is 22.7 Å². The quantitative estimate of drug-likeness (QED) is 0.528. The van der Waals surface area contributed by atoms with Crippen molar-refractivity contribution in [3.8, 4) is 0 Å². The van der Waals surface area contributed by atoms with Crippen LogP contribution < -0.4 is 5.32 Å². The lowest BCUT2D eigenvalue weighted by Gasteiger charge is -2.42. The summed E-state index contributed by atoms with van der Waals surface area (Å²) in [6.45, 7) is 6.90. The number of carbonyl (C=O) groups excluding carboxylic acids is 2. The number of amides is 2. The second-order valence-electron chi connectivity index (χ2n) is 8.42. The Bertz CT molecular complexity index is 1070. The van der Waals surface area contributed by atoms with E-state index in [-0.39, 0.29) is 17.9 Å². The average molecular weight is 433 g/mol. The number of thiophene rings is 1. The summed E-state index contributed by atoms with van der Waals surface area (Å²) in [6, 6.07) is 19.2. The van der Waals surface area contributed by atoms with E-state index < -0.39 is 5.92 Å². The zero-order chi connectivity index (χ0) is 22.0. The first-order chi connectivity index (χ1) is 15.0. The van der Waals surface area contributed by atoms with Gasteiger partial charge in [-0.3, -0.25) is 9.59 Å². The van der Waals surface area contributed by atoms with Gasteiger partial charge in [-0.1, -0.05) is 57.2 Å². The molecule has 4 nitrogen and oxygen atoms in total. The van der Waals surface area contributed by atoms with Crippen LogP contribution in [0.1, 0.15) is 59.1 Å². The minimum atomic E-state index is -0.475. The maximum Gasteiger partial charge on any atom is 0.254 e. The molecule has 160 valence electrons. The largest absolute Gasteiger partial charge is 0.329 e. The summed E-state index contributed by atoms with van der Waals surface area (Å²) in [5.41, 5.74) is 3.39. The molecule has 2 heterocycles. The van der Waals surface area contributed by atoms with Crippen molar-refractivity contribution in [2.45, 2.75) is 39.2 Å². The SMILES string of the molecule is CCc1cccc(NC(=O)[C@H]2c3ccccc3C(=O)N(CC(C)C)[C@H]2c2cccs2)c1. The molecule has 5 heteroatoms. The Morgan fingerprint density at radius 1 is 1.10 bits per heavy atom. The molecular weight excluding hydrogens is 404 g/mol. The van der Waals surface area contributed by atoms with E-state index >= 15 is 0 Å². The van der Waals surface area contributed by atoms with Crippen molar-refractivity contribution in [2.24, 2.45) is 5.92 Å². The van der Waals surface area contributed by atoms with E-state index in [1.54, 1.807) is 11.3 Å². The molecule has 3 aromatic rings. The van der Waals surface area contributed by atoms with Crippen LogP contribution in [-0.4, -0.2) is 23.3 Å². The topological polar surface area (TPSA) is 49.4 Å². The van der Waals surface area contributed by atoms with Crippen molar-refractivity contribution in [2.75, 3.05) is 11.9 Å². The average Bonchev–Trinajstić information content (AvgIpc) is 3.29. The van der Waals surface area contributed by atoms with Crippen molar-refractivity contribution >= 4 is 28.8 Å². The van der Waals surface area contributed by atoms with Crippen molar-refractivity contribution in [1.29, 1.82) is 0 Å². The summed E-state index contributed by atoms with van der Waals surface area (Å²) in [4.78, 5) is 30.1. The summed E-state index contributed by atoms with van der Waals surface area (Å²) in [6.07, 6.45) is 0.907. The zero-order valence-electron chi connectivity index (χ0n) is 18.2. The predicted molar refractivity (Wildman–Crippen MR) is 127 cm³/mol. The maximum absolute atomic E-state index is 13.7. The fraction of sp³-hybridized carbons (Fsp3) is 0.308. The molecule has 2 amide bonds. The molecule has 0 spiro atoms. The number of nitrogens with one attached hydrogen (secondary N) is 1. The molecule has 0 unspecified atom stereocenters. The molecular formula is C26H28N2O2S. The standard InChI is InChI=1S/C26H28N2O2S/c1-4-18-9-7-10-19(15-18)27-25(29)23-20-11-5-6-12-21(20)26(30)28(16-17(2)3)24(23)22-13-8-14-31-22/h5-15,17,23-24H,4,16H2,1-3H3,(H,27,29)/t23-,24-/m0/s1. The fourth-order valence-corrected chi connectivity index (χ4v) is 5.21. The second-order valence-corrected chi connectivity index (χ2v) is 9.40. The summed E-state index contributed by atoms with van der Waals surface area (Å²) in [5, 5.41) is 5.14. The number of benzene rings is 2. The van der Waals surface area contributed by atoms with Gasteiger partial charge in [-0.05, 0) is 53.1 Å². The number of hydrogen-bond acceptors (Lipinski definition) is 3. The first-order valence-corrected chi connectivity index (χ1v) is 11.7. The van der Waals surface area contributed by atoms with E-state index in [9.17, 15) is 9.59 Å². The minimum Gasteiger partial charge on any atom is -0.329 e. The van der Waals surface area contributed by atoms with Gasteiger partial charge in [-0.15, -0.1) is 11.3 Å². The van der Waals surface area contributed by atoms with Crippen molar-refractivity contribution in [3.63, 3.8) is 0 Å². The lowest BCUT2D eigenvalue weighted by atomic mass is 9.81. The summed E-state index contributed by atoms with van der Waals surface area (Å²) in [5.74, 6) is -0.265. The maximum atomic E-state index is 13.7. The van der Waals surface area contributed by atoms with Crippen molar-refractivity contribution < 1.29 is 9.59 Å². The van der Waals surface area contributed by atoms with E-state index in [4.69, 9.17) is 0 Å². The molecule has 4 rings (SSSR count).